The number of carbonyl (C=O) groups excluding carboxylic acids is 2. The Hall–Kier alpha value is -2.72. The third-order valence-electron chi connectivity index (χ3n) is 3.24. The Morgan fingerprint density at radius 2 is 1.92 bits per heavy atom. The minimum Gasteiger partial charge on any atom is -0.467 e. The molecule has 1 heterocycles. The molecule has 8 nitrogen and oxygen atoms in total. The van der Waals surface area contributed by atoms with E-state index in [4.69, 9.17) is 9.15 Å². The van der Waals surface area contributed by atoms with Crippen LogP contribution < -0.4 is 10.0 Å². The maximum absolute atomic E-state index is 12.8. The van der Waals surface area contributed by atoms with Gasteiger partial charge in [-0.05, 0) is 43.3 Å². The van der Waals surface area contributed by atoms with E-state index in [9.17, 15) is 22.4 Å². The van der Waals surface area contributed by atoms with E-state index in [2.05, 4.69) is 5.32 Å². The summed E-state index contributed by atoms with van der Waals surface area (Å²) in [5, 5.41) is 2.56. The average molecular weight is 384 g/mol. The summed E-state index contributed by atoms with van der Waals surface area (Å²) in [4.78, 5) is 23.1. The van der Waals surface area contributed by atoms with E-state index in [-0.39, 0.29) is 4.90 Å². The zero-order valence-corrected chi connectivity index (χ0v) is 14.6. The molecular weight excluding hydrogens is 367 g/mol. The third-order valence-corrected chi connectivity index (χ3v) is 4.66. The van der Waals surface area contributed by atoms with Gasteiger partial charge in [0.2, 0.25) is 10.0 Å². The number of rotatable bonds is 8. The van der Waals surface area contributed by atoms with Gasteiger partial charge in [0.1, 0.15) is 18.1 Å². The Kier molecular flexibility index (Phi) is 6.47. The fourth-order valence-corrected chi connectivity index (χ4v) is 2.91. The number of halogens is 1. The number of carbonyl (C=O) groups is 2. The van der Waals surface area contributed by atoms with Gasteiger partial charge in [-0.3, -0.25) is 9.59 Å². The highest BCUT2D eigenvalue weighted by molar-refractivity contribution is 7.89. The van der Waals surface area contributed by atoms with Crippen molar-refractivity contribution >= 4 is 21.9 Å². The number of furan rings is 1. The summed E-state index contributed by atoms with van der Waals surface area (Å²) in [6, 6.07) is 7.04. The molecule has 1 amide bonds. The largest absolute Gasteiger partial charge is 0.467 e. The second kappa shape index (κ2) is 8.59. The molecule has 1 aromatic carbocycles. The first-order valence-electron chi connectivity index (χ1n) is 7.51. The van der Waals surface area contributed by atoms with Crippen molar-refractivity contribution in [3.63, 3.8) is 0 Å². The number of nitrogens with one attached hydrogen (secondary N) is 2. The van der Waals surface area contributed by atoms with Gasteiger partial charge in [0.05, 0.1) is 17.2 Å². The summed E-state index contributed by atoms with van der Waals surface area (Å²) in [5.74, 6) is -1.55. The van der Waals surface area contributed by atoms with E-state index in [0.29, 0.717) is 5.76 Å². The molecule has 0 saturated carbocycles. The van der Waals surface area contributed by atoms with Crippen molar-refractivity contribution in [2.45, 2.75) is 17.9 Å². The normalized spacial score (nSPS) is 12.4. The Morgan fingerprint density at radius 1 is 1.23 bits per heavy atom. The number of hydrogen-bond acceptors (Lipinski definition) is 6. The molecule has 2 rings (SSSR count). The lowest BCUT2D eigenvalue weighted by molar-refractivity contribution is -0.147. The predicted octanol–water partition coefficient (Wildman–Crippen LogP) is 1.12. The second-order valence-electron chi connectivity index (χ2n) is 5.24. The lowest BCUT2D eigenvalue weighted by Crippen LogP contribution is -2.34. The first kappa shape index (κ1) is 19.6. The van der Waals surface area contributed by atoms with Gasteiger partial charge in [0.25, 0.3) is 5.91 Å². The molecule has 1 aromatic heterocycles. The Labute approximate surface area is 149 Å². The van der Waals surface area contributed by atoms with E-state index in [0.717, 1.165) is 24.3 Å². The molecule has 140 valence electrons. The van der Waals surface area contributed by atoms with Crippen LogP contribution in [0, 0.1) is 5.82 Å². The quantitative estimate of drug-likeness (QED) is 0.659. The smallest absolute Gasteiger partial charge is 0.321 e. The van der Waals surface area contributed by atoms with E-state index < -0.39 is 46.9 Å². The molecule has 0 spiro atoms. The summed E-state index contributed by atoms with van der Waals surface area (Å²) < 4.78 is 48.5. The summed E-state index contributed by atoms with van der Waals surface area (Å²) in [6.45, 7) is 0.457. The first-order chi connectivity index (χ1) is 12.3. The number of sulfonamides is 1. The van der Waals surface area contributed by atoms with E-state index in [1.165, 1.54) is 6.26 Å². The molecule has 0 fully saturated rings. The molecule has 2 aromatic rings. The van der Waals surface area contributed by atoms with Gasteiger partial charge in [-0.25, -0.2) is 12.8 Å². The van der Waals surface area contributed by atoms with Crippen molar-refractivity contribution in [2.24, 2.45) is 0 Å². The predicted molar refractivity (Wildman–Crippen MR) is 87.8 cm³/mol. The number of ether oxygens (including phenoxy) is 1. The van der Waals surface area contributed by atoms with E-state index in [1.54, 1.807) is 19.1 Å². The molecule has 0 saturated heterocycles. The summed E-state index contributed by atoms with van der Waals surface area (Å²) in [7, 11) is -3.99. The lowest BCUT2D eigenvalue weighted by atomic mass is 10.2. The third kappa shape index (κ3) is 5.67. The monoisotopic (exact) mass is 384 g/mol. The Bertz CT molecular complexity index is 849. The molecule has 0 unspecified atom stereocenters. The van der Waals surface area contributed by atoms with Crippen LogP contribution in [0.2, 0.25) is 0 Å². The van der Waals surface area contributed by atoms with E-state index in [1.807, 2.05) is 4.72 Å². The Morgan fingerprint density at radius 3 is 2.54 bits per heavy atom. The Balaban J connectivity index is 1.76. The standard InChI is InChI=1S/C16H17FN2O6S/c1-11(14-3-2-8-24-14)19-15(20)10-25-16(21)9-18-26(22,23)13-6-4-12(17)5-7-13/h2-8,11,18H,9-10H2,1H3,(H,19,20)/t11-/m0/s1. The van der Waals surface area contributed by atoms with Crippen molar-refractivity contribution in [2.75, 3.05) is 13.2 Å². The van der Waals surface area contributed by atoms with E-state index >= 15 is 0 Å². The van der Waals surface area contributed by atoms with Crippen LogP contribution in [-0.4, -0.2) is 33.4 Å². The van der Waals surface area contributed by atoms with Gasteiger partial charge >= 0.3 is 5.97 Å². The fraction of sp³-hybridized carbons (Fsp3) is 0.250. The molecule has 1 atom stereocenters. The molecule has 26 heavy (non-hydrogen) atoms. The maximum Gasteiger partial charge on any atom is 0.321 e. The molecule has 2 N–H and O–H groups in total. The topological polar surface area (TPSA) is 115 Å². The van der Waals surface area contributed by atoms with Crippen LogP contribution in [0.25, 0.3) is 0 Å². The van der Waals surface area contributed by atoms with Gasteiger partial charge in [-0.1, -0.05) is 0 Å². The highest BCUT2D eigenvalue weighted by Gasteiger charge is 2.17. The molecule has 10 heteroatoms. The molecule has 0 aliphatic rings. The van der Waals surface area contributed by atoms with Crippen molar-refractivity contribution in [3.05, 3.63) is 54.2 Å². The van der Waals surface area contributed by atoms with Crippen LogP contribution in [0.4, 0.5) is 4.39 Å². The molecule has 0 bridgehead atoms. The number of hydrogen-bond donors (Lipinski definition) is 2. The van der Waals surface area contributed by atoms with Crippen LogP contribution in [0.15, 0.2) is 52.0 Å². The highest BCUT2D eigenvalue weighted by Crippen LogP contribution is 2.12. The van der Waals surface area contributed by atoms with Crippen LogP contribution >= 0.6 is 0 Å². The van der Waals surface area contributed by atoms with Crippen molar-refractivity contribution < 1.29 is 31.6 Å². The maximum atomic E-state index is 12.8. The second-order valence-corrected chi connectivity index (χ2v) is 7.01. The summed E-state index contributed by atoms with van der Waals surface area (Å²) >= 11 is 0. The number of esters is 1. The van der Waals surface area contributed by atoms with Gasteiger partial charge in [0.15, 0.2) is 6.61 Å². The molecule has 0 radical (unpaired) electrons. The molecule has 0 aliphatic heterocycles. The summed E-state index contributed by atoms with van der Waals surface area (Å²) in [6.07, 6.45) is 1.46. The van der Waals surface area contributed by atoms with Gasteiger partial charge in [0, 0.05) is 0 Å². The van der Waals surface area contributed by atoms with Gasteiger partial charge in [-0.15, -0.1) is 0 Å². The fourth-order valence-electron chi connectivity index (χ4n) is 1.94. The van der Waals surface area contributed by atoms with Crippen molar-refractivity contribution in [1.29, 1.82) is 0 Å². The van der Waals surface area contributed by atoms with Gasteiger partial charge in [-0.2, -0.15) is 4.72 Å². The number of benzene rings is 1. The number of amides is 1. The minimum atomic E-state index is -3.99. The molecule has 0 aliphatic carbocycles. The van der Waals surface area contributed by atoms with Crippen LogP contribution in [0.5, 0.6) is 0 Å². The molecular formula is C16H17FN2O6S. The SMILES string of the molecule is C[C@H](NC(=O)COC(=O)CNS(=O)(=O)c1ccc(F)cc1)c1ccco1. The van der Waals surface area contributed by atoms with Crippen LogP contribution in [-0.2, 0) is 24.3 Å². The van der Waals surface area contributed by atoms with Crippen molar-refractivity contribution in [1.82, 2.24) is 10.0 Å². The minimum absolute atomic E-state index is 0.197. The van der Waals surface area contributed by atoms with Crippen LogP contribution in [0.3, 0.4) is 0 Å². The summed E-state index contributed by atoms with van der Waals surface area (Å²) in [5.41, 5.74) is 0. The average Bonchev–Trinajstić information content (AvgIpc) is 3.13. The van der Waals surface area contributed by atoms with Gasteiger partial charge < -0.3 is 14.5 Å². The van der Waals surface area contributed by atoms with Crippen molar-refractivity contribution in [3.8, 4) is 0 Å². The zero-order valence-electron chi connectivity index (χ0n) is 13.8. The first-order valence-corrected chi connectivity index (χ1v) is 9.00. The lowest BCUT2D eigenvalue weighted by Gasteiger charge is -2.12. The highest BCUT2D eigenvalue weighted by atomic mass is 32.2. The zero-order chi connectivity index (χ0) is 19.2. The van der Waals surface area contributed by atoms with Crippen LogP contribution in [0.1, 0.15) is 18.7 Å².